The highest BCUT2D eigenvalue weighted by Crippen LogP contribution is 2.42. The van der Waals surface area contributed by atoms with E-state index in [0.717, 1.165) is 39.5 Å². The second-order valence-electron chi connectivity index (χ2n) is 9.08. The second-order valence-corrected chi connectivity index (χ2v) is 9.46. The third kappa shape index (κ3) is 4.24. The summed E-state index contributed by atoms with van der Waals surface area (Å²) in [5.74, 6) is -0.942. The zero-order chi connectivity index (χ0) is 25.4. The SMILES string of the molecule is Cc1ccc(C(=O)O)cc1-n1c(C)cc([C@@H]2[C@H](c3ccccn3)NC(=S)N2Cc2ccncc2)c1C. The van der Waals surface area contributed by atoms with Gasteiger partial charge in [0.05, 0.1) is 23.3 Å². The summed E-state index contributed by atoms with van der Waals surface area (Å²) in [7, 11) is 0. The minimum Gasteiger partial charge on any atom is -0.478 e. The third-order valence-electron chi connectivity index (χ3n) is 6.79. The number of thiocarbonyl (C=S) groups is 1. The van der Waals surface area contributed by atoms with Crippen LogP contribution in [0.25, 0.3) is 5.69 Å². The number of rotatable bonds is 6. The molecule has 0 saturated carbocycles. The van der Waals surface area contributed by atoms with Crippen LogP contribution in [0, 0.1) is 20.8 Å². The molecule has 1 fully saturated rings. The number of nitrogens with one attached hydrogen (secondary N) is 1. The summed E-state index contributed by atoms with van der Waals surface area (Å²) in [5, 5.41) is 13.8. The first-order valence-electron chi connectivity index (χ1n) is 11.7. The molecule has 5 rings (SSSR count). The molecule has 1 aromatic carbocycles. The summed E-state index contributed by atoms with van der Waals surface area (Å²) >= 11 is 5.84. The standard InChI is InChI=1S/C28H27N5O2S/c1-17-7-8-21(27(34)35)15-24(17)33-18(2)14-22(19(33)3)26-25(23-6-4-5-11-30-23)31-28(36)32(26)16-20-9-12-29-13-10-20/h4-15,25-26H,16H2,1-3H3,(H,31,36)(H,34,35)/t25-,26+/m0/s1. The summed E-state index contributed by atoms with van der Waals surface area (Å²) < 4.78 is 2.14. The largest absolute Gasteiger partial charge is 0.478 e. The molecule has 3 aromatic heterocycles. The molecular formula is C28H27N5O2S. The van der Waals surface area contributed by atoms with Crippen LogP contribution >= 0.6 is 12.2 Å². The zero-order valence-corrected chi connectivity index (χ0v) is 21.2. The fraction of sp³-hybridized carbons (Fsp3) is 0.214. The van der Waals surface area contributed by atoms with Crippen LogP contribution in [0.5, 0.6) is 0 Å². The van der Waals surface area contributed by atoms with Crippen molar-refractivity contribution in [3.05, 3.63) is 113 Å². The molecule has 1 aliphatic heterocycles. The predicted molar refractivity (Wildman–Crippen MR) is 142 cm³/mol. The Morgan fingerprint density at radius 1 is 1.06 bits per heavy atom. The smallest absolute Gasteiger partial charge is 0.335 e. The van der Waals surface area contributed by atoms with Gasteiger partial charge in [-0.25, -0.2) is 4.79 Å². The number of nitrogens with zero attached hydrogens (tertiary/aromatic N) is 4. The average Bonchev–Trinajstić information content (AvgIpc) is 3.35. The van der Waals surface area contributed by atoms with Gasteiger partial charge in [0, 0.05) is 42.2 Å². The molecule has 2 N–H and O–H groups in total. The van der Waals surface area contributed by atoms with Crippen molar-refractivity contribution < 1.29 is 9.90 Å². The maximum atomic E-state index is 11.7. The molecular weight excluding hydrogens is 470 g/mol. The van der Waals surface area contributed by atoms with Crippen molar-refractivity contribution in [1.82, 2.24) is 24.8 Å². The zero-order valence-electron chi connectivity index (χ0n) is 20.3. The van der Waals surface area contributed by atoms with Crippen molar-refractivity contribution in [1.29, 1.82) is 0 Å². The normalized spacial score (nSPS) is 17.3. The van der Waals surface area contributed by atoms with Gasteiger partial charge in [-0.05, 0) is 92.1 Å². The molecule has 0 bridgehead atoms. The van der Waals surface area contributed by atoms with Crippen LogP contribution in [0.4, 0.5) is 0 Å². The summed E-state index contributed by atoms with van der Waals surface area (Å²) in [4.78, 5) is 22.7. The van der Waals surface area contributed by atoms with Gasteiger partial charge in [-0.3, -0.25) is 9.97 Å². The average molecular weight is 498 g/mol. The van der Waals surface area contributed by atoms with E-state index in [-0.39, 0.29) is 17.6 Å². The monoisotopic (exact) mass is 497 g/mol. The molecule has 4 aromatic rings. The van der Waals surface area contributed by atoms with E-state index >= 15 is 0 Å². The first-order valence-corrected chi connectivity index (χ1v) is 12.2. The number of carboxylic acid groups (broad SMARTS) is 1. The van der Waals surface area contributed by atoms with Crippen molar-refractivity contribution in [2.24, 2.45) is 0 Å². The van der Waals surface area contributed by atoms with Crippen LogP contribution in [0.1, 0.15) is 56.2 Å². The van der Waals surface area contributed by atoms with E-state index in [2.05, 4.69) is 37.7 Å². The van der Waals surface area contributed by atoms with Crippen LogP contribution in [-0.4, -0.2) is 35.6 Å². The van der Waals surface area contributed by atoms with E-state index in [1.807, 2.05) is 50.2 Å². The Hall–Kier alpha value is -4.04. The van der Waals surface area contributed by atoms with Gasteiger partial charge in [0.1, 0.15) is 0 Å². The van der Waals surface area contributed by atoms with Gasteiger partial charge in [0.15, 0.2) is 5.11 Å². The first kappa shape index (κ1) is 23.7. The van der Waals surface area contributed by atoms with E-state index in [1.54, 1.807) is 30.7 Å². The Morgan fingerprint density at radius 3 is 2.53 bits per heavy atom. The van der Waals surface area contributed by atoms with Crippen LogP contribution < -0.4 is 5.32 Å². The Balaban J connectivity index is 1.64. The number of benzene rings is 1. The van der Waals surface area contributed by atoms with Crippen molar-refractivity contribution >= 4 is 23.3 Å². The van der Waals surface area contributed by atoms with Crippen molar-refractivity contribution in [3.63, 3.8) is 0 Å². The molecule has 1 saturated heterocycles. The fourth-order valence-corrected chi connectivity index (χ4v) is 5.35. The van der Waals surface area contributed by atoms with Crippen LogP contribution in [-0.2, 0) is 6.54 Å². The molecule has 0 amide bonds. The van der Waals surface area contributed by atoms with E-state index in [9.17, 15) is 9.90 Å². The molecule has 0 radical (unpaired) electrons. The van der Waals surface area contributed by atoms with Gasteiger partial charge in [-0.2, -0.15) is 0 Å². The summed E-state index contributed by atoms with van der Waals surface area (Å²) in [5.41, 5.74) is 7.33. The van der Waals surface area contributed by atoms with E-state index in [4.69, 9.17) is 12.2 Å². The minimum atomic E-state index is -0.942. The lowest BCUT2D eigenvalue weighted by molar-refractivity contribution is 0.0697. The van der Waals surface area contributed by atoms with Gasteiger partial charge < -0.3 is 19.9 Å². The number of aromatic carboxylic acids is 1. The summed E-state index contributed by atoms with van der Waals surface area (Å²) in [6.45, 7) is 6.75. The Kier molecular flexibility index (Phi) is 6.28. The van der Waals surface area contributed by atoms with E-state index in [0.29, 0.717) is 11.7 Å². The van der Waals surface area contributed by atoms with Gasteiger partial charge in [0.2, 0.25) is 0 Å². The lowest BCUT2D eigenvalue weighted by Crippen LogP contribution is -2.29. The molecule has 182 valence electrons. The lowest BCUT2D eigenvalue weighted by Gasteiger charge is -2.28. The maximum Gasteiger partial charge on any atom is 0.335 e. The van der Waals surface area contributed by atoms with Gasteiger partial charge in [0.25, 0.3) is 0 Å². The van der Waals surface area contributed by atoms with E-state index < -0.39 is 5.97 Å². The topological polar surface area (TPSA) is 83.3 Å². The minimum absolute atomic E-state index is 0.108. The molecule has 0 unspecified atom stereocenters. The van der Waals surface area contributed by atoms with Crippen LogP contribution in [0.2, 0.25) is 0 Å². The molecule has 36 heavy (non-hydrogen) atoms. The lowest BCUT2D eigenvalue weighted by atomic mass is 9.96. The van der Waals surface area contributed by atoms with Crippen molar-refractivity contribution in [2.45, 2.75) is 39.4 Å². The molecule has 8 heteroatoms. The molecule has 4 heterocycles. The molecule has 0 spiro atoms. The Morgan fingerprint density at radius 2 is 1.83 bits per heavy atom. The number of aromatic nitrogens is 3. The van der Waals surface area contributed by atoms with Gasteiger partial charge in [-0.15, -0.1) is 0 Å². The van der Waals surface area contributed by atoms with Crippen molar-refractivity contribution in [3.8, 4) is 5.69 Å². The van der Waals surface area contributed by atoms with Gasteiger partial charge >= 0.3 is 5.97 Å². The highest BCUT2D eigenvalue weighted by Gasteiger charge is 2.41. The highest BCUT2D eigenvalue weighted by atomic mass is 32.1. The quantitative estimate of drug-likeness (QED) is 0.360. The summed E-state index contributed by atoms with van der Waals surface area (Å²) in [6.07, 6.45) is 5.38. The maximum absolute atomic E-state index is 11.7. The highest BCUT2D eigenvalue weighted by molar-refractivity contribution is 7.80. The van der Waals surface area contributed by atoms with Gasteiger partial charge in [-0.1, -0.05) is 12.1 Å². The molecule has 1 aliphatic rings. The molecule has 7 nitrogen and oxygen atoms in total. The van der Waals surface area contributed by atoms with Crippen LogP contribution in [0.15, 0.2) is 73.2 Å². The van der Waals surface area contributed by atoms with Crippen LogP contribution in [0.3, 0.4) is 0 Å². The molecule has 0 aliphatic carbocycles. The number of carbonyl (C=O) groups is 1. The fourth-order valence-electron chi connectivity index (χ4n) is 5.04. The first-order chi connectivity index (χ1) is 17.3. The number of carboxylic acids is 1. The third-order valence-corrected chi connectivity index (χ3v) is 7.14. The second kappa shape index (κ2) is 9.54. The Labute approximate surface area is 215 Å². The molecule has 2 atom stereocenters. The number of hydrogen-bond donors (Lipinski definition) is 2. The predicted octanol–water partition coefficient (Wildman–Crippen LogP) is 5.06. The number of hydrogen-bond acceptors (Lipinski definition) is 4. The number of aryl methyl sites for hydroxylation is 2. The van der Waals surface area contributed by atoms with E-state index in [1.165, 1.54) is 0 Å². The number of pyridine rings is 2. The van der Waals surface area contributed by atoms with Crippen molar-refractivity contribution in [2.75, 3.05) is 0 Å². The Bertz CT molecular complexity index is 1440. The summed E-state index contributed by atoms with van der Waals surface area (Å²) in [6, 6.07) is 17.1.